The van der Waals surface area contributed by atoms with Gasteiger partial charge in [-0.1, -0.05) is 15.9 Å². The Kier molecular flexibility index (Phi) is 9.17. The van der Waals surface area contributed by atoms with Crippen LogP contribution in [0.3, 0.4) is 0 Å². The van der Waals surface area contributed by atoms with Crippen LogP contribution in [0.15, 0.2) is 10.5 Å². The first kappa shape index (κ1) is 21.9. The molecular weight excluding hydrogens is 401 g/mol. The van der Waals surface area contributed by atoms with Crippen molar-refractivity contribution in [2.75, 3.05) is 26.2 Å². The van der Waals surface area contributed by atoms with E-state index in [9.17, 15) is 13.9 Å². The van der Waals surface area contributed by atoms with E-state index in [1.165, 1.54) is 0 Å². The molecule has 1 aromatic carbocycles. The highest BCUT2D eigenvalue weighted by Crippen LogP contribution is 2.40. The molecule has 0 unspecified atom stereocenters. The van der Waals surface area contributed by atoms with Gasteiger partial charge in [0, 0.05) is 36.2 Å². The molecular formula is C14H21BrCl2F2N2O. The van der Waals surface area contributed by atoms with Gasteiger partial charge < -0.3 is 10.4 Å². The van der Waals surface area contributed by atoms with Gasteiger partial charge in [-0.3, -0.25) is 4.90 Å². The molecule has 1 atom stereocenters. The summed E-state index contributed by atoms with van der Waals surface area (Å²) in [7, 11) is 0. The number of phenolic OH excluding ortho intramolecular Hbond substituents is 1. The fourth-order valence-electron chi connectivity index (χ4n) is 2.75. The molecule has 0 aliphatic carbocycles. The highest BCUT2D eigenvalue weighted by atomic mass is 79.9. The number of halogens is 5. The number of rotatable bonds is 3. The van der Waals surface area contributed by atoms with Gasteiger partial charge in [0.15, 0.2) is 0 Å². The van der Waals surface area contributed by atoms with Crippen LogP contribution in [0.4, 0.5) is 8.78 Å². The Morgan fingerprint density at radius 3 is 2.27 bits per heavy atom. The molecule has 0 bridgehead atoms. The first-order valence-electron chi connectivity index (χ1n) is 6.65. The van der Waals surface area contributed by atoms with Gasteiger partial charge in [-0.15, -0.1) is 24.8 Å². The predicted molar refractivity (Wildman–Crippen MR) is 93.0 cm³/mol. The van der Waals surface area contributed by atoms with Crippen molar-refractivity contribution in [3.05, 3.63) is 27.2 Å². The summed E-state index contributed by atoms with van der Waals surface area (Å²) in [5.41, 5.74) is 1.86. The largest absolute Gasteiger partial charge is 0.508 e. The summed E-state index contributed by atoms with van der Waals surface area (Å²) in [5, 5.41) is 13.3. The van der Waals surface area contributed by atoms with Crippen molar-refractivity contribution in [2.45, 2.75) is 26.3 Å². The number of hydrogen-bond acceptors (Lipinski definition) is 3. The second kappa shape index (κ2) is 9.23. The lowest BCUT2D eigenvalue weighted by molar-refractivity contribution is 0.0166. The van der Waals surface area contributed by atoms with Gasteiger partial charge in [0.2, 0.25) is 0 Å². The minimum atomic E-state index is -2.53. The fraction of sp³-hybridized carbons (Fsp3) is 0.571. The lowest BCUT2D eigenvalue weighted by Crippen LogP contribution is -2.47. The van der Waals surface area contributed by atoms with E-state index in [-0.39, 0.29) is 30.6 Å². The molecule has 22 heavy (non-hydrogen) atoms. The summed E-state index contributed by atoms with van der Waals surface area (Å²) < 4.78 is 27.9. The van der Waals surface area contributed by atoms with Gasteiger partial charge in [0.05, 0.1) is 0 Å². The van der Waals surface area contributed by atoms with Crippen molar-refractivity contribution in [1.82, 2.24) is 10.2 Å². The molecule has 2 rings (SSSR count). The number of nitrogens with one attached hydrogen (secondary N) is 1. The third-order valence-electron chi connectivity index (χ3n) is 3.79. The van der Waals surface area contributed by atoms with Gasteiger partial charge in [0.1, 0.15) is 11.8 Å². The van der Waals surface area contributed by atoms with E-state index >= 15 is 0 Å². The van der Waals surface area contributed by atoms with Gasteiger partial charge >= 0.3 is 0 Å². The second-order valence-corrected chi connectivity index (χ2v) is 5.92. The Morgan fingerprint density at radius 1 is 1.23 bits per heavy atom. The van der Waals surface area contributed by atoms with Crippen LogP contribution in [0.25, 0.3) is 0 Å². The van der Waals surface area contributed by atoms with Gasteiger partial charge in [0.25, 0.3) is 6.43 Å². The van der Waals surface area contributed by atoms with Crippen LogP contribution in [0.5, 0.6) is 5.75 Å². The average molecular weight is 422 g/mol. The zero-order valence-corrected chi connectivity index (χ0v) is 15.6. The van der Waals surface area contributed by atoms with Crippen LogP contribution in [-0.4, -0.2) is 42.6 Å². The SMILES string of the molecule is Cc1cc(O)c([C@@H](C(F)F)N2CCNCC2)c(C)c1Br.Cl.Cl. The van der Waals surface area contributed by atoms with Gasteiger partial charge in [-0.05, 0) is 31.0 Å². The van der Waals surface area contributed by atoms with Crippen LogP contribution >= 0.6 is 40.7 Å². The van der Waals surface area contributed by atoms with E-state index in [0.29, 0.717) is 37.3 Å². The van der Waals surface area contributed by atoms with Crippen molar-refractivity contribution < 1.29 is 13.9 Å². The summed E-state index contributed by atoms with van der Waals surface area (Å²) in [5.74, 6) is -0.0490. The van der Waals surface area contributed by atoms with E-state index < -0.39 is 12.5 Å². The Hall–Kier alpha value is -0.140. The molecule has 1 fully saturated rings. The molecule has 1 heterocycles. The highest BCUT2D eigenvalue weighted by molar-refractivity contribution is 9.10. The summed E-state index contributed by atoms with van der Waals surface area (Å²) in [6, 6.07) is 0.485. The molecule has 0 spiro atoms. The Labute approximate surface area is 150 Å². The van der Waals surface area contributed by atoms with E-state index in [0.717, 1.165) is 10.0 Å². The van der Waals surface area contributed by atoms with E-state index in [4.69, 9.17) is 0 Å². The molecule has 8 heteroatoms. The molecule has 2 N–H and O–H groups in total. The normalized spacial score (nSPS) is 16.8. The van der Waals surface area contributed by atoms with Crippen LogP contribution in [0, 0.1) is 13.8 Å². The van der Waals surface area contributed by atoms with Crippen molar-refractivity contribution >= 4 is 40.7 Å². The van der Waals surface area contributed by atoms with Crippen LogP contribution in [0.2, 0.25) is 0 Å². The Balaban J connectivity index is 0.00000220. The summed E-state index contributed by atoms with van der Waals surface area (Å²) in [4.78, 5) is 1.74. The predicted octanol–water partition coefficient (Wildman–Crippen LogP) is 3.83. The van der Waals surface area contributed by atoms with Crippen molar-refractivity contribution in [2.24, 2.45) is 0 Å². The second-order valence-electron chi connectivity index (χ2n) is 5.13. The molecule has 1 aromatic rings. The molecule has 1 saturated heterocycles. The minimum absolute atomic E-state index is 0. The quantitative estimate of drug-likeness (QED) is 0.778. The molecule has 0 radical (unpaired) electrons. The number of benzene rings is 1. The summed E-state index contributed by atoms with van der Waals surface area (Å²) >= 11 is 3.42. The number of alkyl halides is 2. The smallest absolute Gasteiger partial charge is 0.258 e. The number of aryl methyl sites for hydroxylation is 1. The van der Waals surface area contributed by atoms with Crippen molar-refractivity contribution in [3.8, 4) is 5.75 Å². The Bertz CT molecular complexity index is 500. The van der Waals surface area contributed by atoms with E-state index in [1.54, 1.807) is 17.9 Å². The van der Waals surface area contributed by atoms with Gasteiger partial charge in [-0.2, -0.15) is 0 Å². The maximum atomic E-state index is 13.6. The molecule has 1 aliphatic rings. The van der Waals surface area contributed by atoms with Crippen molar-refractivity contribution in [3.63, 3.8) is 0 Å². The maximum Gasteiger partial charge on any atom is 0.258 e. The number of hydrogen-bond donors (Lipinski definition) is 2. The highest BCUT2D eigenvalue weighted by Gasteiger charge is 2.34. The van der Waals surface area contributed by atoms with Crippen molar-refractivity contribution in [1.29, 1.82) is 0 Å². The first-order chi connectivity index (χ1) is 9.43. The lowest BCUT2D eigenvalue weighted by atomic mass is 9.96. The third kappa shape index (κ3) is 4.45. The minimum Gasteiger partial charge on any atom is -0.508 e. The number of phenols is 1. The maximum absolute atomic E-state index is 13.6. The standard InChI is InChI=1S/C14H19BrF2N2O.2ClH/c1-8-7-10(20)11(9(2)12(8)15)13(14(16)17)19-5-3-18-4-6-19;;/h7,13-14,18,20H,3-6H2,1-2H3;2*1H/t13-;;/m0../s1. The monoisotopic (exact) mass is 420 g/mol. The summed E-state index contributed by atoms with van der Waals surface area (Å²) in [6.07, 6.45) is -2.53. The zero-order chi connectivity index (χ0) is 14.9. The average Bonchev–Trinajstić information content (AvgIpc) is 2.41. The molecule has 0 aromatic heterocycles. The topological polar surface area (TPSA) is 35.5 Å². The van der Waals surface area contributed by atoms with Crippen LogP contribution < -0.4 is 5.32 Å². The first-order valence-corrected chi connectivity index (χ1v) is 7.44. The Morgan fingerprint density at radius 2 is 1.77 bits per heavy atom. The molecule has 0 saturated carbocycles. The molecule has 1 aliphatic heterocycles. The third-order valence-corrected chi connectivity index (χ3v) is 5.01. The van der Waals surface area contributed by atoms with Gasteiger partial charge in [-0.25, -0.2) is 8.78 Å². The summed E-state index contributed by atoms with van der Waals surface area (Å²) in [6.45, 7) is 6.09. The number of piperazine rings is 1. The van der Waals surface area contributed by atoms with E-state index in [1.807, 2.05) is 6.92 Å². The van der Waals surface area contributed by atoms with E-state index in [2.05, 4.69) is 21.2 Å². The fourth-order valence-corrected chi connectivity index (χ4v) is 3.08. The molecule has 3 nitrogen and oxygen atoms in total. The molecule has 0 amide bonds. The number of aromatic hydroxyl groups is 1. The zero-order valence-electron chi connectivity index (χ0n) is 12.4. The lowest BCUT2D eigenvalue weighted by Gasteiger charge is -2.35. The van der Waals surface area contributed by atoms with Crippen LogP contribution in [0.1, 0.15) is 22.7 Å². The van der Waals surface area contributed by atoms with Crippen LogP contribution in [-0.2, 0) is 0 Å². The number of nitrogens with zero attached hydrogens (tertiary/aromatic N) is 1. The molecule has 128 valence electrons.